The Morgan fingerprint density at radius 2 is 2.10 bits per heavy atom. The Balaban J connectivity index is 1.89. The number of hydrogen-bond donors (Lipinski definition) is 0. The van der Waals surface area contributed by atoms with Crippen LogP contribution in [0.1, 0.15) is 41.9 Å². The molecule has 0 aliphatic heterocycles. The zero-order valence-corrected chi connectivity index (χ0v) is 13.4. The Morgan fingerprint density at radius 1 is 1.30 bits per heavy atom. The second-order valence-electron chi connectivity index (χ2n) is 5.41. The van der Waals surface area contributed by atoms with E-state index in [1.165, 1.54) is 4.88 Å². The van der Waals surface area contributed by atoms with E-state index in [0.29, 0.717) is 5.92 Å². The molecule has 2 heterocycles. The van der Waals surface area contributed by atoms with Gasteiger partial charge in [0.05, 0.1) is 16.9 Å². The van der Waals surface area contributed by atoms with Crippen LogP contribution in [-0.4, -0.2) is 33.4 Å². The van der Waals surface area contributed by atoms with Crippen molar-refractivity contribution in [2.75, 3.05) is 13.6 Å². The van der Waals surface area contributed by atoms with Gasteiger partial charge in [0.1, 0.15) is 5.82 Å². The third-order valence-electron chi connectivity index (χ3n) is 3.25. The van der Waals surface area contributed by atoms with Gasteiger partial charge in [-0.2, -0.15) is 0 Å². The van der Waals surface area contributed by atoms with Crippen molar-refractivity contribution in [2.45, 2.75) is 39.7 Å². The van der Waals surface area contributed by atoms with E-state index < -0.39 is 0 Å². The molecule has 2 rings (SSSR count). The summed E-state index contributed by atoms with van der Waals surface area (Å²) in [5.41, 5.74) is 4.17. The van der Waals surface area contributed by atoms with Gasteiger partial charge in [-0.05, 0) is 26.5 Å². The van der Waals surface area contributed by atoms with Crippen molar-refractivity contribution >= 4 is 11.3 Å². The van der Waals surface area contributed by atoms with Crippen LogP contribution in [0.5, 0.6) is 0 Å². The molecule has 20 heavy (non-hydrogen) atoms. The van der Waals surface area contributed by atoms with E-state index in [2.05, 4.69) is 47.7 Å². The third kappa shape index (κ3) is 4.08. The van der Waals surface area contributed by atoms with E-state index in [1.807, 2.05) is 17.8 Å². The van der Waals surface area contributed by atoms with Crippen molar-refractivity contribution in [1.29, 1.82) is 0 Å². The van der Waals surface area contributed by atoms with Crippen molar-refractivity contribution in [1.82, 2.24) is 19.9 Å². The smallest absolute Gasteiger partial charge is 0.131 e. The molecule has 4 nitrogen and oxygen atoms in total. The molecule has 0 atom stereocenters. The van der Waals surface area contributed by atoms with Crippen LogP contribution in [0.3, 0.4) is 0 Å². The van der Waals surface area contributed by atoms with E-state index in [9.17, 15) is 0 Å². The lowest BCUT2D eigenvalue weighted by atomic mass is 10.2. The minimum absolute atomic E-state index is 0.375. The zero-order valence-electron chi connectivity index (χ0n) is 12.6. The summed E-state index contributed by atoms with van der Waals surface area (Å²) in [7, 11) is 2.13. The Kier molecular flexibility index (Phi) is 5.20. The van der Waals surface area contributed by atoms with E-state index in [4.69, 9.17) is 0 Å². The summed E-state index contributed by atoms with van der Waals surface area (Å²) >= 11 is 1.74. The summed E-state index contributed by atoms with van der Waals surface area (Å²) in [6.45, 7) is 8.19. The Morgan fingerprint density at radius 3 is 2.75 bits per heavy atom. The van der Waals surface area contributed by atoms with Crippen molar-refractivity contribution < 1.29 is 0 Å². The maximum Gasteiger partial charge on any atom is 0.131 e. The van der Waals surface area contributed by atoms with Gasteiger partial charge in [-0.15, -0.1) is 11.3 Å². The molecular weight excluding hydrogens is 268 g/mol. The largest absolute Gasteiger partial charge is 0.300 e. The summed E-state index contributed by atoms with van der Waals surface area (Å²) in [5, 5.41) is 0. The first-order valence-corrected chi connectivity index (χ1v) is 7.83. The van der Waals surface area contributed by atoms with Gasteiger partial charge in [0.25, 0.3) is 0 Å². The highest BCUT2D eigenvalue weighted by Crippen LogP contribution is 2.14. The summed E-state index contributed by atoms with van der Waals surface area (Å²) in [6, 6.07) is 2.00. The molecule has 108 valence electrons. The number of rotatable bonds is 6. The van der Waals surface area contributed by atoms with Gasteiger partial charge in [-0.25, -0.2) is 15.0 Å². The minimum atomic E-state index is 0.375. The molecule has 0 fully saturated rings. The Bertz CT molecular complexity index is 550. The molecular formula is C15H22N4S. The van der Waals surface area contributed by atoms with Crippen molar-refractivity contribution in [3.63, 3.8) is 0 Å². The summed E-state index contributed by atoms with van der Waals surface area (Å²) < 4.78 is 0. The highest BCUT2D eigenvalue weighted by Gasteiger charge is 2.08. The van der Waals surface area contributed by atoms with Crippen molar-refractivity contribution in [3.8, 4) is 0 Å². The molecule has 5 heteroatoms. The molecule has 2 aromatic rings. The summed E-state index contributed by atoms with van der Waals surface area (Å²) in [6.07, 6.45) is 2.91. The quantitative estimate of drug-likeness (QED) is 0.820. The first-order chi connectivity index (χ1) is 9.56. The van der Waals surface area contributed by atoms with Crippen LogP contribution in [0.2, 0.25) is 0 Å². The summed E-state index contributed by atoms with van der Waals surface area (Å²) in [4.78, 5) is 16.9. The fourth-order valence-electron chi connectivity index (χ4n) is 1.99. The van der Waals surface area contributed by atoms with Gasteiger partial charge in [0.2, 0.25) is 0 Å². The van der Waals surface area contributed by atoms with Crippen molar-refractivity contribution in [3.05, 3.63) is 39.9 Å². The van der Waals surface area contributed by atoms with E-state index in [1.54, 1.807) is 11.3 Å². The van der Waals surface area contributed by atoms with Crippen LogP contribution in [0, 0.1) is 6.92 Å². The van der Waals surface area contributed by atoms with Crippen LogP contribution < -0.4 is 0 Å². The van der Waals surface area contributed by atoms with Gasteiger partial charge < -0.3 is 4.90 Å². The molecule has 0 unspecified atom stereocenters. The van der Waals surface area contributed by atoms with Gasteiger partial charge >= 0.3 is 0 Å². The molecule has 0 saturated heterocycles. The Hall–Kier alpha value is -1.33. The topological polar surface area (TPSA) is 41.9 Å². The Labute approximate surface area is 124 Å². The molecule has 0 saturated carbocycles. The number of likely N-dealkylation sites (N-methyl/N-ethyl adjacent to an activating group) is 1. The van der Waals surface area contributed by atoms with Gasteiger partial charge in [0.15, 0.2) is 0 Å². The predicted molar refractivity (Wildman–Crippen MR) is 83.0 cm³/mol. The molecule has 0 aliphatic rings. The molecule has 2 aromatic heterocycles. The van der Waals surface area contributed by atoms with E-state index in [0.717, 1.165) is 36.7 Å². The van der Waals surface area contributed by atoms with Crippen LogP contribution in [-0.2, 0) is 13.0 Å². The lowest BCUT2D eigenvalue weighted by Crippen LogP contribution is -2.21. The lowest BCUT2D eigenvalue weighted by Gasteiger charge is -2.16. The zero-order chi connectivity index (χ0) is 14.5. The number of thiazole rings is 1. The number of hydrogen-bond acceptors (Lipinski definition) is 5. The third-order valence-corrected chi connectivity index (χ3v) is 4.24. The number of aryl methyl sites for hydroxylation is 1. The highest BCUT2D eigenvalue weighted by molar-refractivity contribution is 7.09. The number of aromatic nitrogens is 3. The maximum atomic E-state index is 4.61. The number of nitrogens with zero attached hydrogens (tertiary/aromatic N) is 4. The first-order valence-electron chi connectivity index (χ1n) is 6.95. The van der Waals surface area contributed by atoms with Crippen LogP contribution in [0.15, 0.2) is 17.8 Å². The molecule has 0 N–H and O–H groups in total. The van der Waals surface area contributed by atoms with Crippen LogP contribution >= 0.6 is 11.3 Å². The average Bonchev–Trinajstić information content (AvgIpc) is 2.82. The fourth-order valence-corrected chi connectivity index (χ4v) is 2.76. The molecule has 0 bridgehead atoms. The lowest BCUT2D eigenvalue weighted by molar-refractivity contribution is 0.327. The monoisotopic (exact) mass is 290 g/mol. The maximum absolute atomic E-state index is 4.61. The molecule has 0 aromatic carbocycles. The van der Waals surface area contributed by atoms with Gasteiger partial charge in [-0.3, -0.25) is 0 Å². The first kappa shape index (κ1) is 15.1. The van der Waals surface area contributed by atoms with Gasteiger partial charge in [-0.1, -0.05) is 13.8 Å². The van der Waals surface area contributed by atoms with Gasteiger partial charge in [0, 0.05) is 30.1 Å². The second kappa shape index (κ2) is 6.90. The molecule has 0 radical (unpaired) electrons. The van der Waals surface area contributed by atoms with E-state index in [-0.39, 0.29) is 0 Å². The molecule has 0 aliphatic carbocycles. The normalized spacial score (nSPS) is 11.5. The average molecular weight is 290 g/mol. The molecule has 0 spiro atoms. The predicted octanol–water partition coefficient (Wildman–Crippen LogP) is 3.04. The fraction of sp³-hybridized carbons (Fsp3) is 0.533. The second-order valence-corrected chi connectivity index (χ2v) is 6.35. The van der Waals surface area contributed by atoms with E-state index >= 15 is 0 Å². The minimum Gasteiger partial charge on any atom is -0.300 e. The SMILES string of the molecule is Cc1ncsc1CCN(C)Cc1ccnc(C(C)C)n1. The standard InChI is InChI=1S/C15H22N4S/c1-11(2)15-16-7-5-13(18-15)9-19(4)8-6-14-12(3)17-10-20-14/h5,7,10-11H,6,8-9H2,1-4H3. The van der Waals surface area contributed by atoms with Crippen LogP contribution in [0.4, 0.5) is 0 Å². The van der Waals surface area contributed by atoms with Crippen LogP contribution in [0.25, 0.3) is 0 Å². The summed E-state index contributed by atoms with van der Waals surface area (Å²) in [5.74, 6) is 1.30. The highest BCUT2D eigenvalue weighted by atomic mass is 32.1. The molecule has 0 amide bonds. The van der Waals surface area contributed by atoms with Crippen molar-refractivity contribution in [2.24, 2.45) is 0 Å².